The fourth-order valence-corrected chi connectivity index (χ4v) is 5.16. The van der Waals surface area contributed by atoms with Crippen molar-refractivity contribution in [1.29, 1.82) is 0 Å². The van der Waals surface area contributed by atoms with Gasteiger partial charge in [0, 0.05) is 49.7 Å². The zero-order valence-corrected chi connectivity index (χ0v) is 16.0. The van der Waals surface area contributed by atoms with Gasteiger partial charge in [0.25, 0.3) is 5.91 Å². The number of sulfone groups is 1. The zero-order valence-electron chi connectivity index (χ0n) is 15.2. The highest BCUT2D eigenvalue weighted by atomic mass is 32.2. The minimum absolute atomic E-state index is 0.0169. The van der Waals surface area contributed by atoms with Gasteiger partial charge in [-0.05, 0) is 31.0 Å². The molecule has 1 amide bonds. The molecule has 3 heterocycles. The number of benzene rings is 1. The average molecular weight is 388 g/mol. The van der Waals surface area contributed by atoms with E-state index in [1.807, 2.05) is 40.1 Å². The molecule has 0 radical (unpaired) electrons. The van der Waals surface area contributed by atoms with Crippen molar-refractivity contribution in [3.63, 3.8) is 0 Å². The van der Waals surface area contributed by atoms with E-state index in [9.17, 15) is 13.2 Å². The van der Waals surface area contributed by atoms with E-state index >= 15 is 0 Å². The van der Waals surface area contributed by atoms with Crippen LogP contribution in [0.5, 0.6) is 0 Å². The van der Waals surface area contributed by atoms with Crippen LogP contribution in [0.1, 0.15) is 34.8 Å². The molecule has 0 spiro atoms. The van der Waals surface area contributed by atoms with Crippen molar-refractivity contribution >= 4 is 21.4 Å². The van der Waals surface area contributed by atoms with Crippen molar-refractivity contribution in [3.8, 4) is 0 Å². The number of amides is 1. The lowest BCUT2D eigenvalue weighted by atomic mass is 9.94. The Morgan fingerprint density at radius 3 is 2.63 bits per heavy atom. The van der Waals surface area contributed by atoms with Crippen LogP contribution in [0.3, 0.4) is 0 Å². The first-order chi connectivity index (χ1) is 13.0. The summed E-state index contributed by atoms with van der Waals surface area (Å²) in [5.41, 5.74) is 2.56. The maximum Gasteiger partial charge on any atom is 0.255 e. The van der Waals surface area contributed by atoms with Crippen molar-refractivity contribution in [2.75, 3.05) is 42.6 Å². The van der Waals surface area contributed by atoms with Gasteiger partial charge in [-0.1, -0.05) is 12.1 Å². The second-order valence-electron chi connectivity index (χ2n) is 7.26. The van der Waals surface area contributed by atoms with Crippen molar-refractivity contribution < 1.29 is 13.2 Å². The molecule has 2 saturated heterocycles. The van der Waals surface area contributed by atoms with Gasteiger partial charge in [0.2, 0.25) is 0 Å². The largest absolute Gasteiger partial charge is 0.369 e. The van der Waals surface area contributed by atoms with Gasteiger partial charge in [-0.25, -0.2) is 8.42 Å². The van der Waals surface area contributed by atoms with Crippen molar-refractivity contribution in [3.05, 3.63) is 47.8 Å². The summed E-state index contributed by atoms with van der Waals surface area (Å²) >= 11 is 0. The molecule has 7 nitrogen and oxygen atoms in total. The normalized spacial score (nSPS) is 22.6. The van der Waals surface area contributed by atoms with E-state index in [1.165, 1.54) is 0 Å². The average Bonchev–Trinajstić information content (AvgIpc) is 3.22. The lowest BCUT2D eigenvalue weighted by Gasteiger charge is -2.34. The van der Waals surface area contributed by atoms with Gasteiger partial charge in [-0.2, -0.15) is 5.10 Å². The number of hydrogen-bond acceptors (Lipinski definition) is 5. The Balaban J connectivity index is 1.54. The number of aromatic nitrogens is 2. The number of hydrogen-bond donors (Lipinski definition) is 1. The summed E-state index contributed by atoms with van der Waals surface area (Å²) < 4.78 is 23.5. The lowest BCUT2D eigenvalue weighted by Crippen LogP contribution is -2.43. The maximum atomic E-state index is 13.3. The number of H-pyrrole nitrogens is 1. The predicted octanol–water partition coefficient (Wildman–Crippen LogP) is 1.66. The SMILES string of the molecule is O=C(c1ccccc1N1CCS(=O)(=O)CC1)N1CCC[C@@H](c2ccn[nH]2)C1. The minimum Gasteiger partial charge on any atom is -0.369 e. The number of para-hydroxylation sites is 1. The molecule has 144 valence electrons. The molecule has 0 unspecified atom stereocenters. The molecule has 4 rings (SSSR count). The van der Waals surface area contributed by atoms with Gasteiger partial charge in [0.15, 0.2) is 9.84 Å². The van der Waals surface area contributed by atoms with E-state index in [1.54, 1.807) is 6.20 Å². The molecular weight excluding hydrogens is 364 g/mol. The molecule has 1 aromatic heterocycles. The number of nitrogens with one attached hydrogen (secondary N) is 1. The van der Waals surface area contributed by atoms with Crippen LogP contribution in [0.2, 0.25) is 0 Å². The summed E-state index contributed by atoms with van der Waals surface area (Å²) in [4.78, 5) is 17.2. The molecular formula is C19H24N4O3S. The maximum absolute atomic E-state index is 13.3. The number of anilines is 1. The fraction of sp³-hybridized carbons (Fsp3) is 0.474. The van der Waals surface area contributed by atoms with Crippen LogP contribution in [-0.2, 0) is 9.84 Å². The first-order valence-electron chi connectivity index (χ1n) is 9.36. The second kappa shape index (κ2) is 7.34. The van der Waals surface area contributed by atoms with Crippen LogP contribution in [0.15, 0.2) is 36.5 Å². The summed E-state index contributed by atoms with van der Waals surface area (Å²) in [6, 6.07) is 9.51. The van der Waals surface area contributed by atoms with E-state index in [4.69, 9.17) is 0 Å². The summed E-state index contributed by atoms with van der Waals surface area (Å²) in [6.45, 7) is 2.28. The van der Waals surface area contributed by atoms with E-state index in [-0.39, 0.29) is 23.3 Å². The molecule has 8 heteroatoms. The Labute approximate surface area is 159 Å². The molecule has 1 N–H and O–H groups in total. The molecule has 2 aliphatic heterocycles. The Bertz CT molecular complexity index is 897. The van der Waals surface area contributed by atoms with Crippen LogP contribution >= 0.6 is 0 Å². The Morgan fingerprint density at radius 2 is 1.89 bits per heavy atom. The number of piperidine rings is 1. The third kappa shape index (κ3) is 3.85. The summed E-state index contributed by atoms with van der Waals surface area (Å²) in [5, 5.41) is 7.05. The van der Waals surface area contributed by atoms with E-state index in [0.717, 1.165) is 30.8 Å². The molecule has 27 heavy (non-hydrogen) atoms. The highest BCUT2D eigenvalue weighted by Crippen LogP contribution is 2.29. The molecule has 1 atom stereocenters. The first-order valence-corrected chi connectivity index (χ1v) is 11.2. The number of carbonyl (C=O) groups excluding carboxylic acids is 1. The fourth-order valence-electron chi connectivity index (χ4n) is 3.96. The molecule has 2 aliphatic rings. The van der Waals surface area contributed by atoms with Crippen molar-refractivity contribution in [2.45, 2.75) is 18.8 Å². The second-order valence-corrected chi connectivity index (χ2v) is 9.56. The summed E-state index contributed by atoms with van der Waals surface area (Å²) in [5.74, 6) is 0.572. The van der Waals surface area contributed by atoms with Crippen LogP contribution in [-0.4, -0.2) is 67.1 Å². The highest BCUT2D eigenvalue weighted by molar-refractivity contribution is 7.91. The number of carbonyl (C=O) groups is 1. The van der Waals surface area contributed by atoms with Crippen LogP contribution in [0, 0.1) is 0 Å². The number of nitrogens with zero attached hydrogens (tertiary/aromatic N) is 3. The first kappa shape index (κ1) is 18.0. The van der Waals surface area contributed by atoms with Crippen molar-refractivity contribution in [2.24, 2.45) is 0 Å². The smallest absolute Gasteiger partial charge is 0.255 e. The topological polar surface area (TPSA) is 86.4 Å². The zero-order chi connectivity index (χ0) is 18.9. The third-order valence-electron chi connectivity index (χ3n) is 5.49. The standard InChI is InChI=1S/C19H24N4O3S/c24-19(23-9-3-4-15(14-23)17-7-8-20-21-17)16-5-1-2-6-18(16)22-10-12-27(25,26)13-11-22/h1-2,5-8,15H,3-4,9-14H2,(H,20,21)/t15-/m1/s1. The number of rotatable bonds is 3. The van der Waals surface area contributed by atoms with Gasteiger partial charge < -0.3 is 9.80 Å². The minimum atomic E-state index is -2.96. The van der Waals surface area contributed by atoms with E-state index < -0.39 is 9.84 Å². The van der Waals surface area contributed by atoms with Gasteiger partial charge in [-0.3, -0.25) is 9.89 Å². The Hall–Kier alpha value is -2.35. The lowest BCUT2D eigenvalue weighted by molar-refractivity contribution is 0.0706. The van der Waals surface area contributed by atoms with Gasteiger partial charge in [0.1, 0.15) is 0 Å². The quantitative estimate of drug-likeness (QED) is 0.864. The van der Waals surface area contributed by atoms with Gasteiger partial charge in [-0.15, -0.1) is 0 Å². The van der Waals surface area contributed by atoms with E-state index in [0.29, 0.717) is 25.2 Å². The Morgan fingerprint density at radius 1 is 1.11 bits per heavy atom. The highest BCUT2D eigenvalue weighted by Gasteiger charge is 2.29. The van der Waals surface area contributed by atoms with Crippen molar-refractivity contribution in [1.82, 2.24) is 15.1 Å². The predicted molar refractivity (Wildman–Crippen MR) is 104 cm³/mol. The molecule has 2 fully saturated rings. The monoisotopic (exact) mass is 388 g/mol. The van der Waals surface area contributed by atoms with Crippen LogP contribution < -0.4 is 4.90 Å². The summed E-state index contributed by atoms with van der Waals surface area (Å²) in [7, 11) is -2.96. The molecule has 0 saturated carbocycles. The van der Waals surface area contributed by atoms with Crippen LogP contribution in [0.25, 0.3) is 0 Å². The summed E-state index contributed by atoms with van der Waals surface area (Å²) in [6.07, 6.45) is 3.74. The van der Waals surface area contributed by atoms with Gasteiger partial charge >= 0.3 is 0 Å². The van der Waals surface area contributed by atoms with Crippen LogP contribution in [0.4, 0.5) is 5.69 Å². The number of aromatic amines is 1. The molecule has 0 aliphatic carbocycles. The molecule has 1 aromatic carbocycles. The van der Waals surface area contributed by atoms with Gasteiger partial charge in [0.05, 0.1) is 17.1 Å². The molecule has 0 bridgehead atoms. The molecule has 2 aromatic rings. The third-order valence-corrected chi connectivity index (χ3v) is 7.10. The van der Waals surface area contributed by atoms with E-state index in [2.05, 4.69) is 10.2 Å². The Kier molecular flexibility index (Phi) is 4.90. The number of likely N-dealkylation sites (tertiary alicyclic amines) is 1.